The zero-order valence-corrected chi connectivity index (χ0v) is 17.6. The zero-order chi connectivity index (χ0) is 19.9. The van der Waals surface area contributed by atoms with Crippen molar-refractivity contribution in [2.24, 2.45) is 0 Å². The maximum Gasteiger partial charge on any atom is 0.350 e. The van der Waals surface area contributed by atoms with E-state index in [1.165, 1.54) is 17.7 Å². The lowest BCUT2D eigenvalue weighted by atomic mass is 9.84. The Labute approximate surface area is 167 Å². The topological polar surface area (TPSA) is 26.3 Å². The molecule has 0 spiro atoms. The minimum absolute atomic E-state index is 0.0601. The van der Waals surface area contributed by atoms with Gasteiger partial charge in [0.2, 0.25) is 0 Å². The van der Waals surface area contributed by atoms with Crippen molar-refractivity contribution in [3.8, 4) is 0 Å². The maximum absolute atomic E-state index is 13.4. The average Bonchev–Trinajstić information content (AvgIpc) is 2.89. The fourth-order valence-electron chi connectivity index (χ4n) is 3.03. The van der Waals surface area contributed by atoms with E-state index < -0.39 is 5.97 Å². The Morgan fingerprint density at radius 3 is 2.37 bits per heavy atom. The van der Waals surface area contributed by atoms with Crippen molar-refractivity contribution < 1.29 is 13.9 Å². The summed E-state index contributed by atoms with van der Waals surface area (Å²) >= 11 is 7.46. The molecule has 0 N–H and O–H groups in total. The first-order valence-corrected chi connectivity index (χ1v) is 9.92. The summed E-state index contributed by atoms with van der Waals surface area (Å²) in [5.41, 5.74) is 4.50. The van der Waals surface area contributed by atoms with E-state index in [0.717, 1.165) is 28.0 Å². The number of ether oxygens (including phenoxy) is 1. The number of halogens is 2. The lowest BCUT2D eigenvalue weighted by molar-refractivity contribution is 0.0477. The van der Waals surface area contributed by atoms with Crippen LogP contribution in [0.1, 0.15) is 52.7 Å². The summed E-state index contributed by atoms with van der Waals surface area (Å²) in [5.74, 6) is -0.842. The molecule has 0 bridgehead atoms. The van der Waals surface area contributed by atoms with E-state index in [1.807, 2.05) is 13.8 Å². The number of esters is 1. The molecule has 27 heavy (non-hydrogen) atoms. The second-order valence-corrected chi connectivity index (χ2v) is 9.23. The molecule has 0 aliphatic rings. The van der Waals surface area contributed by atoms with Gasteiger partial charge in [-0.25, -0.2) is 9.18 Å². The van der Waals surface area contributed by atoms with Crippen LogP contribution < -0.4 is 0 Å². The van der Waals surface area contributed by atoms with E-state index in [9.17, 15) is 9.18 Å². The number of aryl methyl sites for hydroxylation is 2. The molecule has 0 radical (unpaired) electrons. The van der Waals surface area contributed by atoms with Crippen LogP contribution in [-0.2, 0) is 16.8 Å². The summed E-state index contributed by atoms with van der Waals surface area (Å²) in [7, 11) is 0. The van der Waals surface area contributed by atoms with Gasteiger partial charge in [-0.15, -0.1) is 11.3 Å². The summed E-state index contributed by atoms with van der Waals surface area (Å²) in [6, 6.07) is 8.58. The van der Waals surface area contributed by atoms with Crippen molar-refractivity contribution in [1.82, 2.24) is 0 Å². The SMILES string of the molecule is Cc1cc(C(C)(C)C)cc(C)c1COC(=O)c1sc2cc(F)ccc2c1Cl. The molecule has 0 aliphatic heterocycles. The van der Waals surface area contributed by atoms with Crippen molar-refractivity contribution in [3.05, 3.63) is 68.3 Å². The third-order valence-electron chi connectivity index (χ3n) is 4.69. The van der Waals surface area contributed by atoms with Crippen LogP contribution in [0.4, 0.5) is 4.39 Å². The summed E-state index contributed by atoms with van der Waals surface area (Å²) in [6.07, 6.45) is 0. The summed E-state index contributed by atoms with van der Waals surface area (Å²) in [4.78, 5) is 12.9. The number of carbonyl (C=O) groups excluding carboxylic acids is 1. The van der Waals surface area contributed by atoms with Gasteiger partial charge in [0.1, 0.15) is 17.3 Å². The number of fused-ring (bicyclic) bond motifs is 1. The highest BCUT2D eigenvalue weighted by atomic mass is 35.5. The minimum Gasteiger partial charge on any atom is -0.457 e. The molecule has 0 fully saturated rings. The normalized spacial score (nSPS) is 11.8. The summed E-state index contributed by atoms with van der Waals surface area (Å²) < 4.78 is 19.6. The first-order chi connectivity index (χ1) is 12.6. The first-order valence-electron chi connectivity index (χ1n) is 8.73. The van der Waals surface area contributed by atoms with Crippen molar-refractivity contribution in [1.29, 1.82) is 0 Å². The Balaban J connectivity index is 1.83. The molecule has 0 unspecified atom stereocenters. The number of hydrogen-bond donors (Lipinski definition) is 0. The van der Waals surface area contributed by atoms with Gasteiger partial charge in [0.15, 0.2) is 0 Å². The first kappa shape index (κ1) is 19.8. The molecule has 0 aliphatic carbocycles. The Hall–Kier alpha value is -1.91. The van der Waals surface area contributed by atoms with E-state index in [2.05, 4.69) is 32.9 Å². The number of thiophene rings is 1. The van der Waals surface area contributed by atoms with E-state index in [0.29, 0.717) is 20.0 Å². The predicted octanol–water partition coefficient (Wildman–Crippen LogP) is 6.97. The van der Waals surface area contributed by atoms with Crippen molar-refractivity contribution in [2.45, 2.75) is 46.6 Å². The monoisotopic (exact) mass is 404 g/mol. The van der Waals surface area contributed by atoms with Gasteiger partial charge < -0.3 is 4.74 Å². The highest BCUT2D eigenvalue weighted by Crippen LogP contribution is 2.36. The van der Waals surface area contributed by atoms with Crippen molar-refractivity contribution in [3.63, 3.8) is 0 Å². The van der Waals surface area contributed by atoms with Gasteiger partial charge in [0, 0.05) is 10.1 Å². The van der Waals surface area contributed by atoms with E-state index in [1.54, 1.807) is 6.07 Å². The molecule has 2 aromatic carbocycles. The van der Waals surface area contributed by atoms with Crippen LogP contribution in [0.15, 0.2) is 30.3 Å². The van der Waals surface area contributed by atoms with Gasteiger partial charge in [-0.3, -0.25) is 0 Å². The smallest absolute Gasteiger partial charge is 0.350 e. The average molecular weight is 405 g/mol. The second-order valence-electron chi connectivity index (χ2n) is 7.80. The predicted molar refractivity (Wildman–Crippen MR) is 111 cm³/mol. The molecule has 1 heterocycles. The Bertz CT molecular complexity index is 1010. The van der Waals surface area contributed by atoms with Gasteiger partial charge in [-0.2, -0.15) is 0 Å². The number of rotatable bonds is 3. The fourth-order valence-corrected chi connectivity index (χ4v) is 4.45. The molecular weight excluding hydrogens is 383 g/mol. The minimum atomic E-state index is -0.486. The fraction of sp³-hybridized carbons (Fsp3) is 0.318. The number of benzene rings is 2. The number of hydrogen-bond acceptors (Lipinski definition) is 3. The van der Waals surface area contributed by atoms with Gasteiger partial charge in [-0.1, -0.05) is 44.5 Å². The summed E-state index contributed by atoms with van der Waals surface area (Å²) in [6.45, 7) is 10.8. The van der Waals surface area contributed by atoms with Crippen LogP contribution in [0.3, 0.4) is 0 Å². The molecule has 3 rings (SSSR count). The van der Waals surface area contributed by atoms with E-state index in [4.69, 9.17) is 16.3 Å². The standard InChI is InChI=1S/C22H22ClFO2S/c1-12-8-14(22(3,4)5)9-13(2)17(12)11-26-21(25)20-19(23)16-7-6-15(24)10-18(16)27-20/h6-10H,11H2,1-5H3. The molecule has 2 nitrogen and oxygen atoms in total. The maximum atomic E-state index is 13.4. The lowest BCUT2D eigenvalue weighted by Gasteiger charge is -2.22. The highest BCUT2D eigenvalue weighted by Gasteiger charge is 2.20. The third-order valence-corrected chi connectivity index (χ3v) is 6.32. The largest absolute Gasteiger partial charge is 0.457 e. The molecule has 0 atom stereocenters. The Morgan fingerprint density at radius 2 is 1.78 bits per heavy atom. The van der Waals surface area contributed by atoms with Crippen LogP contribution in [0.5, 0.6) is 0 Å². The number of carbonyl (C=O) groups is 1. The molecule has 142 valence electrons. The third kappa shape index (κ3) is 4.02. The molecule has 3 aromatic rings. The highest BCUT2D eigenvalue weighted by molar-refractivity contribution is 7.21. The van der Waals surface area contributed by atoms with Crippen molar-refractivity contribution in [2.75, 3.05) is 0 Å². The Morgan fingerprint density at radius 1 is 1.15 bits per heavy atom. The van der Waals surface area contributed by atoms with Crippen LogP contribution in [0, 0.1) is 19.7 Å². The second kappa shape index (κ2) is 7.25. The van der Waals surface area contributed by atoms with Gasteiger partial charge in [-0.05, 0) is 59.7 Å². The van der Waals surface area contributed by atoms with Crippen LogP contribution in [0.2, 0.25) is 5.02 Å². The molecule has 0 saturated carbocycles. The molecule has 0 amide bonds. The van der Waals surface area contributed by atoms with Gasteiger partial charge in [0.05, 0.1) is 5.02 Å². The zero-order valence-electron chi connectivity index (χ0n) is 16.1. The van der Waals surface area contributed by atoms with Gasteiger partial charge in [0.25, 0.3) is 0 Å². The van der Waals surface area contributed by atoms with E-state index in [-0.39, 0.29) is 17.8 Å². The van der Waals surface area contributed by atoms with Crippen LogP contribution in [-0.4, -0.2) is 5.97 Å². The molecule has 0 saturated heterocycles. The molecular formula is C22H22ClFO2S. The molecule has 5 heteroatoms. The quantitative estimate of drug-likeness (QED) is 0.441. The van der Waals surface area contributed by atoms with Gasteiger partial charge >= 0.3 is 5.97 Å². The Kier molecular flexibility index (Phi) is 5.33. The van der Waals surface area contributed by atoms with Crippen LogP contribution in [0.25, 0.3) is 10.1 Å². The lowest BCUT2D eigenvalue weighted by Crippen LogP contribution is -2.13. The van der Waals surface area contributed by atoms with E-state index >= 15 is 0 Å². The molecule has 1 aromatic heterocycles. The summed E-state index contributed by atoms with van der Waals surface area (Å²) in [5, 5.41) is 0.980. The van der Waals surface area contributed by atoms with Crippen LogP contribution >= 0.6 is 22.9 Å². The van der Waals surface area contributed by atoms with Crippen molar-refractivity contribution >= 4 is 39.0 Å².